The minimum atomic E-state index is -3.89. The summed E-state index contributed by atoms with van der Waals surface area (Å²) in [7, 11) is -2.42. The Kier molecular flexibility index (Phi) is 6.66. The van der Waals surface area contributed by atoms with Gasteiger partial charge in [-0.1, -0.05) is 29.8 Å². The Morgan fingerprint density at radius 3 is 2.19 bits per heavy atom. The standard InChI is InChI=1S/C33H32ClN3O4S/c1-41-27-14-25(15-29(16-27)42(39,40)28-9-7-24(34)8-10-28)35-32(38)30-20-37(26-5-3-2-4-6-26)36-31(30)33-17-21-11-22(18-33)13-23(12-21)19-33/h2-10,14-16,20-23H,11-13,17-19H2,1H3,(H,35,38). The van der Waals surface area contributed by atoms with Crippen molar-refractivity contribution in [1.82, 2.24) is 9.78 Å². The lowest BCUT2D eigenvalue weighted by Gasteiger charge is -2.56. The van der Waals surface area contributed by atoms with Crippen molar-refractivity contribution in [3.05, 3.63) is 95.3 Å². The summed E-state index contributed by atoms with van der Waals surface area (Å²) in [5.41, 5.74) is 2.50. The molecule has 0 unspecified atom stereocenters. The monoisotopic (exact) mass is 601 g/mol. The first-order valence-corrected chi connectivity index (χ1v) is 16.3. The van der Waals surface area contributed by atoms with Crippen LogP contribution in [0.2, 0.25) is 5.02 Å². The highest BCUT2D eigenvalue weighted by Gasteiger charge is 2.54. The topological polar surface area (TPSA) is 90.3 Å². The number of aromatic nitrogens is 2. The molecule has 42 heavy (non-hydrogen) atoms. The van der Waals surface area contributed by atoms with E-state index < -0.39 is 9.84 Å². The van der Waals surface area contributed by atoms with Crippen molar-refractivity contribution in [3.63, 3.8) is 0 Å². The van der Waals surface area contributed by atoms with E-state index in [0.29, 0.717) is 39.8 Å². The van der Waals surface area contributed by atoms with Gasteiger partial charge in [-0.2, -0.15) is 5.10 Å². The number of hydrogen-bond acceptors (Lipinski definition) is 5. The predicted molar refractivity (Wildman–Crippen MR) is 161 cm³/mol. The van der Waals surface area contributed by atoms with Gasteiger partial charge in [-0.05, 0) is 105 Å². The van der Waals surface area contributed by atoms with E-state index in [4.69, 9.17) is 21.4 Å². The third kappa shape index (κ3) is 4.80. The number of carbonyl (C=O) groups is 1. The van der Waals surface area contributed by atoms with Gasteiger partial charge in [-0.15, -0.1) is 0 Å². The lowest BCUT2D eigenvalue weighted by molar-refractivity contribution is -0.00765. The number of sulfone groups is 1. The van der Waals surface area contributed by atoms with Crippen LogP contribution in [0.4, 0.5) is 5.69 Å². The quantitative estimate of drug-likeness (QED) is 0.244. The van der Waals surface area contributed by atoms with Crippen molar-refractivity contribution in [2.75, 3.05) is 12.4 Å². The molecule has 9 heteroatoms. The Labute approximate surface area is 250 Å². The van der Waals surface area contributed by atoms with Gasteiger partial charge in [0.25, 0.3) is 5.91 Å². The molecule has 4 aliphatic carbocycles. The van der Waals surface area contributed by atoms with Gasteiger partial charge in [0.2, 0.25) is 9.84 Å². The zero-order valence-electron chi connectivity index (χ0n) is 23.3. The minimum Gasteiger partial charge on any atom is -0.497 e. The second-order valence-corrected chi connectivity index (χ2v) is 14.6. The zero-order valence-corrected chi connectivity index (χ0v) is 24.9. The number of benzene rings is 3. The van der Waals surface area contributed by atoms with Crippen LogP contribution >= 0.6 is 11.6 Å². The maximum Gasteiger partial charge on any atom is 0.259 e. The van der Waals surface area contributed by atoms with Gasteiger partial charge >= 0.3 is 0 Å². The van der Waals surface area contributed by atoms with E-state index in [2.05, 4.69) is 5.32 Å². The summed E-state index contributed by atoms with van der Waals surface area (Å²) >= 11 is 5.98. The summed E-state index contributed by atoms with van der Waals surface area (Å²) in [6.07, 6.45) is 8.87. The first kappa shape index (κ1) is 27.2. The Bertz CT molecular complexity index is 1730. The van der Waals surface area contributed by atoms with E-state index in [-0.39, 0.29) is 21.1 Å². The molecule has 0 aliphatic heterocycles. The molecule has 4 aliphatic rings. The van der Waals surface area contributed by atoms with Crippen LogP contribution in [0.3, 0.4) is 0 Å². The second-order valence-electron chi connectivity index (χ2n) is 12.2. The van der Waals surface area contributed by atoms with Crippen LogP contribution in [0.1, 0.15) is 54.6 Å². The molecule has 4 bridgehead atoms. The first-order chi connectivity index (χ1) is 20.2. The molecule has 7 nitrogen and oxygen atoms in total. The summed E-state index contributed by atoms with van der Waals surface area (Å²) in [6.45, 7) is 0. The van der Waals surface area contributed by atoms with Crippen LogP contribution < -0.4 is 10.1 Å². The number of halogens is 1. The molecule has 1 N–H and O–H groups in total. The van der Waals surface area contributed by atoms with Crippen LogP contribution in [0, 0.1) is 17.8 Å². The summed E-state index contributed by atoms with van der Waals surface area (Å²) in [5, 5.41) is 8.52. The summed E-state index contributed by atoms with van der Waals surface area (Å²) < 4.78 is 34.2. The van der Waals surface area contributed by atoms with Crippen molar-refractivity contribution >= 4 is 33.0 Å². The number of amides is 1. The van der Waals surface area contributed by atoms with Crippen LogP contribution in [0.5, 0.6) is 5.75 Å². The number of nitrogens with one attached hydrogen (secondary N) is 1. The van der Waals surface area contributed by atoms with Crippen molar-refractivity contribution in [2.24, 2.45) is 17.8 Å². The van der Waals surface area contributed by atoms with Crippen molar-refractivity contribution in [2.45, 2.75) is 53.7 Å². The Morgan fingerprint density at radius 1 is 0.929 bits per heavy atom. The fourth-order valence-electron chi connectivity index (χ4n) is 7.91. The number of carbonyl (C=O) groups excluding carboxylic acids is 1. The van der Waals surface area contributed by atoms with E-state index in [0.717, 1.165) is 30.6 Å². The average Bonchev–Trinajstić information content (AvgIpc) is 3.44. The number of nitrogens with zero attached hydrogens (tertiary/aromatic N) is 2. The number of rotatable bonds is 7. The molecule has 0 spiro atoms. The minimum absolute atomic E-state index is 0.0146. The number of anilines is 1. The first-order valence-electron chi connectivity index (χ1n) is 14.4. The SMILES string of the molecule is COc1cc(NC(=O)c2cn(-c3ccccc3)nc2C23CC4CC(CC(C4)C2)C3)cc(S(=O)(=O)c2ccc(Cl)cc2)c1. The van der Waals surface area contributed by atoms with E-state index in [9.17, 15) is 13.2 Å². The third-order valence-corrected chi connectivity index (χ3v) is 11.3. The Balaban J connectivity index is 1.27. The molecule has 0 radical (unpaired) electrons. The van der Waals surface area contributed by atoms with Crippen molar-refractivity contribution in [3.8, 4) is 11.4 Å². The maximum absolute atomic E-state index is 14.1. The number of methoxy groups -OCH3 is 1. The van der Waals surface area contributed by atoms with Crippen LogP contribution in [0.25, 0.3) is 5.69 Å². The third-order valence-electron chi connectivity index (χ3n) is 9.33. The molecule has 1 heterocycles. The highest BCUT2D eigenvalue weighted by molar-refractivity contribution is 7.91. The normalized spacial score (nSPS) is 24.5. The van der Waals surface area contributed by atoms with Gasteiger partial charge < -0.3 is 10.1 Å². The van der Waals surface area contributed by atoms with Crippen LogP contribution in [-0.2, 0) is 15.3 Å². The highest BCUT2D eigenvalue weighted by atomic mass is 35.5. The van der Waals surface area contributed by atoms with E-state index >= 15 is 0 Å². The molecular weight excluding hydrogens is 570 g/mol. The predicted octanol–water partition coefficient (Wildman–Crippen LogP) is 7.09. The number of para-hydroxylation sites is 1. The summed E-state index contributed by atoms with van der Waals surface area (Å²) in [5.74, 6) is 2.07. The van der Waals surface area contributed by atoms with Gasteiger partial charge in [0.05, 0.1) is 33.8 Å². The maximum atomic E-state index is 14.1. The molecule has 4 aromatic rings. The van der Waals surface area contributed by atoms with Gasteiger partial charge in [0, 0.05) is 28.4 Å². The van der Waals surface area contributed by atoms with E-state index in [1.165, 1.54) is 62.8 Å². The van der Waals surface area contributed by atoms with Gasteiger partial charge in [0.15, 0.2) is 0 Å². The van der Waals surface area contributed by atoms with Crippen LogP contribution in [0.15, 0.2) is 88.8 Å². The van der Waals surface area contributed by atoms with E-state index in [1.807, 2.05) is 41.2 Å². The second kappa shape index (κ2) is 10.3. The fourth-order valence-corrected chi connectivity index (χ4v) is 9.36. The smallest absolute Gasteiger partial charge is 0.259 e. The molecular formula is C33H32ClN3O4S. The molecule has 216 valence electrons. The van der Waals surface area contributed by atoms with Crippen LogP contribution in [-0.4, -0.2) is 31.2 Å². The highest BCUT2D eigenvalue weighted by Crippen LogP contribution is 2.61. The lowest BCUT2D eigenvalue weighted by Crippen LogP contribution is -2.49. The molecule has 4 fully saturated rings. The van der Waals surface area contributed by atoms with Crippen molar-refractivity contribution < 1.29 is 17.9 Å². The molecule has 3 aromatic carbocycles. The molecule has 4 saturated carbocycles. The number of hydrogen-bond donors (Lipinski definition) is 1. The van der Waals surface area contributed by atoms with Crippen molar-refractivity contribution in [1.29, 1.82) is 0 Å². The van der Waals surface area contributed by atoms with E-state index in [1.54, 1.807) is 6.07 Å². The van der Waals surface area contributed by atoms with Gasteiger partial charge in [0.1, 0.15) is 5.75 Å². The average molecular weight is 602 g/mol. The van der Waals surface area contributed by atoms with Gasteiger partial charge in [-0.25, -0.2) is 13.1 Å². The largest absolute Gasteiger partial charge is 0.497 e. The Morgan fingerprint density at radius 2 is 1.57 bits per heavy atom. The lowest BCUT2D eigenvalue weighted by atomic mass is 9.48. The van der Waals surface area contributed by atoms with Gasteiger partial charge in [-0.3, -0.25) is 4.79 Å². The molecule has 1 amide bonds. The molecule has 0 saturated heterocycles. The summed E-state index contributed by atoms with van der Waals surface area (Å²) in [4.78, 5) is 14.2. The molecule has 1 aromatic heterocycles. The fraction of sp³-hybridized carbons (Fsp3) is 0.333. The zero-order chi connectivity index (χ0) is 29.1. The molecule has 8 rings (SSSR count). The number of ether oxygens (including phenoxy) is 1. The Hall–Kier alpha value is -3.62. The molecule has 0 atom stereocenters. The summed E-state index contributed by atoms with van der Waals surface area (Å²) in [6, 6.07) is 20.4.